The van der Waals surface area contributed by atoms with E-state index in [1.165, 1.54) is 66.2 Å². The van der Waals surface area contributed by atoms with Crippen LogP contribution >= 0.6 is 0 Å². The first kappa shape index (κ1) is 34.8. The van der Waals surface area contributed by atoms with Crippen LogP contribution < -0.4 is 0 Å². The first-order chi connectivity index (χ1) is 29.0. The van der Waals surface area contributed by atoms with Crippen molar-refractivity contribution in [1.29, 1.82) is 0 Å². The summed E-state index contributed by atoms with van der Waals surface area (Å²) in [6.07, 6.45) is 0. The number of hydrogen-bond acceptors (Lipinski definition) is 2. The molecule has 2 heteroatoms. The van der Waals surface area contributed by atoms with Gasteiger partial charge in [0.2, 0.25) is 0 Å². The molecule has 1 aromatic heterocycles. The van der Waals surface area contributed by atoms with Gasteiger partial charge in [0.25, 0.3) is 0 Å². The Labute approximate surface area is 345 Å². The molecule has 0 unspecified atom stereocenters. The minimum absolute atomic E-state index is 0.0984. The normalized spacial score (nSPS) is 12.7. The Morgan fingerprint density at radius 1 is 0.305 bits per heavy atom. The second-order valence-electron chi connectivity index (χ2n) is 16.2. The third kappa shape index (κ3) is 6.04. The lowest BCUT2D eigenvalue weighted by Crippen LogP contribution is -2.15. The number of fused-ring (bicyclic) bond motifs is 5. The van der Waals surface area contributed by atoms with Gasteiger partial charge in [-0.25, -0.2) is 9.97 Å². The second kappa shape index (κ2) is 13.9. The fraction of sp³-hybridized carbons (Fsp3) is 0.0526. The summed E-state index contributed by atoms with van der Waals surface area (Å²) >= 11 is 0. The molecule has 1 aliphatic carbocycles. The molecule has 0 saturated carbocycles. The molecule has 278 valence electrons. The smallest absolute Gasteiger partial charge is 0.161 e. The van der Waals surface area contributed by atoms with Gasteiger partial charge in [-0.2, -0.15) is 0 Å². The van der Waals surface area contributed by atoms with Gasteiger partial charge >= 0.3 is 0 Å². The summed E-state index contributed by atoms with van der Waals surface area (Å²) in [6.45, 7) is 4.73. The van der Waals surface area contributed by atoms with Crippen LogP contribution in [0, 0.1) is 0 Å². The van der Waals surface area contributed by atoms with Crippen molar-refractivity contribution < 1.29 is 0 Å². The van der Waals surface area contributed by atoms with E-state index in [-0.39, 0.29) is 5.41 Å². The van der Waals surface area contributed by atoms with Crippen molar-refractivity contribution >= 4 is 21.5 Å². The highest BCUT2D eigenvalue weighted by Gasteiger charge is 2.36. The zero-order valence-corrected chi connectivity index (χ0v) is 33.0. The number of nitrogens with zero attached hydrogens (tertiary/aromatic N) is 2. The second-order valence-corrected chi connectivity index (χ2v) is 16.2. The molecule has 0 radical (unpaired) electrons. The fourth-order valence-electron chi connectivity index (χ4n) is 9.17. The lowest BCUT2D eigenvalue weighted by Gasteiger charge is -2.22. The van der Waals surface area contributed by atoms with E-state index in [4.69, 9.17) is 9.97 Å². The maximum atomic E-state index is 5.30. The summed E-state index contributed by atoms with van der Waals surface area (Å²) in [5.74, 6) is 0.706. The standard InChI is InChI=1S/C57H40N2/c1-57(2)52-35-43(27-28-49(52)51-33-41-19-9-10-20-42(41)34-53(51)57)40-22-13-23-44(31-40)46-29-30-50(48-26-12-11-25-47(46)48)56-58-54(38-17-7-4-8-18-38)36-55(59-56)45-24-14-21-39(32-45)37-15-5-3-6-16-37/h3-36H,1-2H3. The average molecular weight is 753 g/mol. The molecule has 0 spiro atoms. The van der Waals surface area contributed by atoms with Crippen LogP contribution in [0.2, 0.25) is 0 Å². The molecule has 10 aromatic rings. The van der Waals surface area contributed by atoms with Crippen molar-refractivity contribution in [3.63, 3.8) is 0 Å². The third-order valence-electron chi connectivity index (χ3n) is 12.3. The Morgan fingerprint density at radius 2 is 0.797 bits per heavy atom. The van der Waals surface area contributed by atoms with E-state index < -0.39 is 0 Å². The minimum Gasteiger partial charge on any atom is -0.228 e. The summed E-state index contributed by atoms with van der Waals surface area (Å²) in [6, 6.07) is 74.3. The van der Waals surface area contributed by atoms with Crippen molar-refractivity contribution in [3.05, 3.63) is 217 Å². The number of hydrogen-bond donors (Lipinski definition) is 0. The molecule has 0 atom stereocenters. The topological polar surface area (TPSA) is 25.8 Å². The Balaban J connectivity index is 1.00. The molecular weight excluding hydrogens is 713 g/mol. The summed E-state index contributed by atoms with van der Waals surface area (Å²) in [5, 5.41) is 4.87. The van der Waals surface area contributed by atoms with E-state index >= 15 is 0 Å². The zero-order chi connectivity index (χ0) is 39.5. The molecule has 11 rings (SSSR count). The van der Waals surface area contributed by atoms with E-state index in [0.29, 0.717) is 5.82 Å². The van der Waals surface area contributed by atoms with Gasteiger partial charge in [-0.3, -0.25) is 0 Å². The molecule has 1 aliphatic rings. The lowest BCUT2D eigenvalue weighted by molar-refractivity contribution is 0.661. The van der Waals surface area contributed by atoms with Crippen LogP contribution in [0.4, 0.5) is 0 Å². The summed E-state index contributed by atoms with van der Waals surface area (Å²) in [5.41, 5.74) is 17.4. The number of aromatic nitrogens is 2. The van der Waals surface area contributed by atoms with Crippen LogP contribution in [0.5, 0.6) is 0 Å². The van der Waals surface area contributed by atoms with Gasteiger partial charge in [-0.1, -0.05) is 178 Å². The highest BCUT2D eigenvalue weighted by Crippen LogP contribution is 2.51. The van der Waals surface area contributed by atoms with Gasteiger partial charge in [-0.05, 0) is 120 Å². The molecule has 59 heavy (non-hydrogen) atoms. The maximum Gasteiger partial charge on any atom is 0.161 e. The fourth-order valence-corrected chi connectivity index (χ4v) is 9.17. The SMILES string of the molecule is CC1(C)c2cc(-c3cccc(-c4ccc(-c5nc(-c6ccccc6)cc(-c6cccc(-c7ccccc7)c6)n5)c5ccccc45)c3)ccc2-c2cc3ccccc3cc21. The molecule has 0 fully saturated rings. The molecule has 0 amide bonds. The Kier molecular flexibility index (Phi) is 8.20. The van der Waals surface area contributed by atoms with Gasteiger partial charge < -0.3 is 0 Å². The average Bonchev–Trinajstić information content (AvgIpc) is 3.52. The van der Waals surface area contributed by atoms with Crippen LogP contribution in [0.25, 0.3) is 100.0 Å². The van der Waals surface area contributed by atoms with Gasteiger partial charge in [-0.15, -0.1) is 0 Å². The van der Waals surface area contributed by atoms with Gasteiger partial charge in [0.1, 0.15) is 0 Å². The van der Waals surface area contributed by atoms with E-state index in [9.17, 15) is 0 Å². The largest absolute Gasteiger partial charge is 0.228 e. The molecule has 9 aromatic carbocycles. The summed E-state index contributed by atoms with van der Waals surface area (Å²) < 4.78 is 0. The van der Waals surface area contributed by atoms with Crippen LogP contribution in [0.1, 0.15) is 25.0 Å². The predicted molar refractivity (Wildman–Crippen MR) is 247 cm³/mol. The van der Waals surface area contributed by atoms with Gasteiger partial charge in [0.15, 0.2) is 5.82 Å². The third-order valence-corrected chi connectivity index (χ3v) is 12.3. The first-order valence-electron chi connectivity index (χ1n) is 20.4. The Hall–Kier alpha value is -7.42. The van der Waals surface area contributed by atoms with Crippen LogP contribution in [0.15, 0.2) is 206 Å². The van der Waals surface area contributed by atoms with E-state index in [1.807, 2.05) is 6.07 Å². The quantitative estimate of drug-likeness (QED) is 0.169. The van der Waals surface area contributed by atoms with E-state index in [0.717, 1.165) is 39.0 Å². The van der Waals surface area contributed by atoms with Crippen molar-refractivity contribution in [2.24, 2.45) is 0 Å². The van der Waals surface area contributed by atoms with E-state index in [1.54, 1.807) is 0 Å². The zero-order valence-electron chi connectivity index (χ0n) is 33.0. The molecule has 0 saturated heterocycles. The van der Waals surface area contributed by atoms with Crippen molar-refractivity contribution in [3.8, 4) is 78.4 Å². The Morgan fingerprint density at radius 3 is 1.54 bits per heavy atom. The lowest BCUT2D eigenvalue weighted by atomic mass is 9.81. The predicted octanol–water partition coefficient (Wildman–Crippen LogP) is 15.1. The summed E-state index contributed by atoms with van der Waals surface area (Å²) in [7, 11) is 0. The Bertz CT molecular complexity index is 3230. The van der Waals surface area contributed by atoms with Crippen LogP contribution in [-0.4, -0.2) is 9.97 Å². The van der Waals surface area contributed by atoms with Crippen LogP contribution in [0.3, 0.4) is 0 Å². The van der Waals surface area contributed by atoms with E-state index in [2.05, 4.69) is 214 Å². The van der Waals surface area contributed by atoms with Crippen molar-refractivity contribution in [2.75, 3.05) is 0 Å². The minimum atomic E-state index is -0.0984. The van der Waals surface area contributed by atoms with Crippen molar-refractivity contribution in [2.45, 2.75) is 19.3 Å². The molecule has 1 heterocycles. The molecule has 0 bridgehead atoms. The molecular formula is C57H40N2. The number of benzene rings is 9. The van der Waals surface area contributed by atoms with Gasteiger partial charge in [0, 0.05) is 22.1 Å². The maximum absolute atomic E-state index is 5.30. The molecule has 0 N–H and O–H groups in total. The monoisotopic (exact) mass is 752 g/mol. The number of rotatable bonds is 6. The summed E-state index contributed by atoms with van der Waals surface area (Å²) in [4.78, 5) is 10.5. The van der Waals surface area contributed by atoms with Crippen LogP contribution in [-0.2, 0) is 5.41 Å². The highest BCUT2D eigenvalue weighted by atomic mass is 14.9. The molecule has 0 aliphatic heterocycles. The first-order valence-corrected chi connectivity index (χ1v) is 20.4. The highest BCUT2D eigenvalue weighted by molar-refractivity contribution is 6.05. The van der Waals surface area contributed by atoms with Gasteiger partial charge in [0.05, 0.1) is 11.4 Å². The molecule has 2 nitrogen and oxygen atoms in total. The van der Waals surface area contributed by atoms with Crippen molar-refractivity contribution in [1.82, 2.24) is 9.97 Å².